The van der Waals surface area contributed by atoms with Crippen LogP contribution in [0, 0.1) is 0 Å². The van der Waals surface area contributed by atoms with Crippen LogP contribution in [0.5, 0.6) is 0 Å². The van der Waals surface area contributed by atoms with Crippen LogP contribution in [-0.4, -0.2) is 33.6 Å². The topological polar surface area (TPSA) is 67.1 Å². The quantitative estimate of drug-likeness (QED) is 0.219. The summed E-state index contributed by atoms with van der Waals surface area (Å²) < 4.78 is 1.88. The van der Waals surface area contributed by atoms with Crippen molar-refractivity contribution in [3.8, 4) is 5.82 Å². The molecule has 1 aromatic carbocycles. The van der Waals surface area contributed by atoms with Crippen LogP contribution in [0.2, 0.25) is 0 Å². The van der Waals surface area contributed by atoms with E-state index in [1.807, 2.05) is 29.1 Å². The highest BCUT2D eigenvalue weighted by Crippen LogP contribution is 2.06. The standard InChI is InChI=1S/C21H26N6.HI/c1-2-23-21(24-12-6-9-18-7-4-3-5-8-18)26-16-19-10-11-20(25-15-19)27-14-13-22-17-27;/h3-5,7-8,10-11,13-15,17H,2,6,9,12,16H2,1H3,(H2,23,24,26);1H. The number of aliphatic imine (C=N–C) groups is 1. The van der Waals surface area contributed by atoms with E-state index in [1.165, 1.54) is 5.56 Å². The van der Waals surface area contributed by atoms with Gasteiger partial charge >= 0.3 is 0 Å². The van der Waals surface area contributed by atoms with Crippen LogP contribution in [0.4, 0.5) is 0 Å². The molecule has 0 spiro atoms. The molecule has 2 N–H and O–H groups in total. The smallest absolute Gasteiger partial charge is 0.191 e. The summed E-state index contributed by atoms with van der Waals surface area (Å²) in [7, 11) is 0. The zero-order valence-electron chi connectivity index (χ0n) is 16.1. The number of pyridine rings is 1. The fourth-order valence-electron chi connectivity index (χ4n) is 2.71. The van der Waals surface area contributed by atoms with Crippen LogP contribution in [0.1, 0.15) is 24.5 Å². The normalized spacial score (nSPS) is 11.0. The summed E-state index contributed by atoms with van der Waals surface area (Å²) in [5.41, 5.74) is 2.44. The third kappa shape index (κ3) is 6.95. The Kier molecular flexibility index (Phi) is 9.47. The van der Waals surface area contributed by atoms with E-state index in [0.717, 1.165) is 43.3 Å². The lowest BCUT2D eigenvalue weighted by Gasteiger charge is -2.11. The number of imidazole rings is 1. The predicted octanol–water partition coefficient (Wildman–Crippen LogP) is 3.57. The predicted molar refractivity (Wildman–Crippen MR) is 124 cm³/mol. The molecular formula is C21H27IN6. The van der Waals surface area contributed by atoms with Crippen molar-refractivity contribution in [1.82, 2.24) is 25.2 Å². The zero-order chi connectivity index (χ0) is 18.7. The Morgan fingerprint density at radius 2 is 1.93 bits per heavy atom. The van der Waals surface area contributed by atoms with Gasteiger partial charge in [-0.3, -0.25) is 4.57 Å². The zero-order valence-corrected chi connectivity index (χ0v) is 18.4. The van der Waals surface area contributed by atoms with Gasteiger partial charge < -0.3 is 10.6 Å². The van der Waals surface area contributed by atoms with Crippen molar-refractivity contribution >= 4 is 29.9 Å². The molecule has 0 fully saturated rings. The summed E-state index contributed by atoms with van der Waals surface area (Å²) in [5, 5.41) is 6.69. The number of hydrogen-bond acceptors (Lipinski definition) is 3. The highest BCUT2D eigenvalue weighted by atomic mass is 127. The van der Waals surface area contributed by atoms with Crippen molar-refractivity contribution in [3.63, 3.8) is 0 Å². The van der Waals surface area contributed by atoms with Gasteiger partial charge in [-0.05, 0) is 37.0 Å². The largest absolute Gasteiger partial charge is 0.357 e. The second-order valence-electron chi connectivity index (χ2n) is 6.21. The lowest BCUT2D eigenvalue weighted by atomic mass is 10.1. The van der Waals surface area contributed by atoms with Gasteiger partial charge in [-0.1, -0.05) is 36.4 Å². The molecule has 0 radical (unpaired) electrons. The molecule has 0 bridgehead atoms. The van der Waals surface area contributed by atoms with E-state index in [4.69, 9.17) is 0 Å². The lowest BCUT2D eigenvalue weighted by Crippen LogP contribution is -2.37. The average molecular weight is 490 g/mol. The Bertz CT molecular complexity index is 816. The van der Waals surface area contributed by atoms with E-state index in [1.54, 1.807) is 12.5 Å². The van der Waals surface area contributed by atoms with E-state index in [-0.39, 0.29) is 24.0 Å². The van der Waals surface area contributed by atoms with Crippen LogP contribution in [0.3, 0.4) is 0 Å². The first kappa shape index (κ1) is 21.9. The second kappa shape index (κ2) is 12.1. The van der Waals surface area contributed by atoms with Crippen LogP contribution < -0.4 is 10.6 Å². The lowest BCUT2D eigenvalue weighted by molar-refractivity contribution is 0.743. The maximum absolute atomic E-state index is 4.66. The number of aryl methyl sites for hydroxylation is 1. The van der Waals surface area contributed by atoms with Crippen molar-refractivity contribution < 1.29 is 0 Å². The Labute approximate surface area is 183 Å². The molecule has 28 heavy (non-hydrogen) atoms. The third-order valence-electron chi connectivity index (χ3n) is 4.12. The van der Waals surface area contributed by atoms with Gasteiger partial charge in [-0.15, -0.1) is 24.0 Å². The minimum absolute atomic E-state index is 0. The molecule has 0 saturated heterocycles. The van der Waals surface area contributed by atoms with Gasteiger partial charge in [0.15, 0.2) is 5.96 Å². The summed E-state index contributed by atoms with van der Waals surface area (Å²) in [5.74, 6) is 1.69. The number of nitrogens with one attached hydrogen (secondary N) is 2. The molecule has 0 saturated carbocycles. The van der Waals surface area contributed by atoms with Crippen molar-refractivity contribution in [3.05, 3.63) is 78.5 Å². The Morgan fingerprint density at radius 1 is 1.07 bits per heavy atom. The highest BCUT2D eigenvalue weighted by Gasteiger charge is 2.00. The molecule has 0 aliphatic rings. The van der Waals surface area contributed by atoms with E-state index in [0.29, 0.717) is 6.54 Å². The van der Waals surface area contributed by atoms with Gasteiger partial charge in [-0.25, -0.2) is 15.0 Å². The molecule has 0 unspecified atom stereocenters. The number of hydrogen-bond donors (Lipinski definition) is 2. The van der Waals surface area contributed by atoms with E-state index in [9.17, 15) is 0 Å². The number of rotatable bonds is 8. The molecule has 0 atom stereocenters. The molecule has 6 nitrogen and oxygen atoms in total. The first-order chi connectivity index (χ1) is 13.3. The fraction of sp³-hybridized carbons (Fsp3) is 0.286. The summed E-state index contributed by atoms with van der Waals surface area (Å²) >= 11 is 0. The fourth-order valence-corrected chi connectivity index (χ4v) is 2.71. The van der Waals surface area contributed by atoms with Gasteiger partial charge in [0, 0.05) is 31.7 Å². The van der Waals surface area contributed by atoms with E-state index < -0.39 is 0 Å². The molecule has 0 amide bonds. The van der Waals surface area contributed by atoms with Crippen LogP contribution >= 0.6 is 24.0 Å². The highest BCUT2D eigenvalue weighted by molar-refractivity contribution is 14.0. The maximum atomic E-state index is 4.66. The SMILES string of the molecule is CCNC(=NCc1ccc(-n2ccnc2)nc1)NCCCc1ccccc1.I. The molecule has 0 aliphatic carbocycles. The number of aromatic nitrogens is 3. The van der Waals surface area contributed by atoms with E-state index in [2.05, 4.69) is 62.8 Å². The molecule has 7 heteroatoms. The minimum Gasteiger partial charge on any atom is -0.357 e. The van der Waals surface area contributed by atoms with Gasteiger partial charge in [0.25, 0.3) is 0 Å². The van der Waals surface area contributed by atoms with Crippen LogP contribution in [0.15, 0.2) is 72.4 Å². The molecular weight excluding hydrogens is 463 g/mol. The molecule has 148 valence electrons. The summed E-state index contributed by atoms with van der Waals surface area (Å²) in [6.45, 7) is 4.38. The monoisotopic (exact) mass is 490 g/mol. The summed E-state index contributed by atoms with van der Waals surface area (Å²) in [6.07, 6.45) is 9.35. The third-order valence-corrected chi connectivity index (χ3v) is 4.12. The second-order valence-corrected chi connectivity index (χ2v) is 6.21. The molecule has 3 rings (SSSR count). The van der Waals surface area contributed by atoms with E-state index >= 15 is 0 Å². The molecule has 2 heterocycles. The Balaban J connectivity index is 0.00000280. The van der Waals surface area contributed by atoms with Crippen molar-refractivity contribution in [1.29, 1.82) is 0 Å². The first-order valence-electron chi connectivity index (χ1n) is 9.34. The molecule has 2 aromatic heterocycles. The number of halogens is 1. The van der Waals surface area contributed by atoms with Crippen molar-refractivity contribution in [2.24, 2.45) is 4.99 Å². The maximum Gasteiger partial charge on any atom is 0.191 e. The number of guanidine groups is 1. The van der Waals surface area contributed by atoms with Crippen molar-refractivity contribution in [2.75, 3.05) is 13.1 Å². The summed E-state index contributed by atoms with van der Waals surface area (Å²) in [6, 6.07) is 14.6. The van der Waals surface area contributed by atoms with Crippen molar-refractivity contribution in [2.45, 2.75) is 26.3 Å². The van der Waals surface area contributed by atoms with Gasteiger partial charge in [0.05, 0.1) is 6.54 Å². The Hall–Kier alpha value is -2.42. The Morgan fingerprint density at radius 3 is 2.61 bits per heavy atom. The summed E-state index contributed by atoms with van der Waals surface area (Å²) in [4.78, 5) is 13.2. The minimum atomic E-state index is 0. The number of benzene rings is 1. The van der Waals surface area contributed by atoms with Gasteiger partial charge in [-0.2, -0.15) is 0 Å². The number of nitrogens with zero attached hydrogens (tertiary/aromatic N) is 4. The van der Waals surface area contributed by atoms with Crippen LogP contribution in [-0.2, 0) is 13.0 Å². The average Bonchev–Trinajstić information content (AvgIpc) is 3.25. The van der Waals surface area contributed by atoms with Crippen LogP contribution in [0.25, 0.3) is 5.82 Å². The molecule has 3 aromatic rings. The van der Waals surface area contributed by atoms with Gasteiger partial charge in [0.2, 0.25) is 0 Å². The first-order valence-corrected chi connectivity index (χ1v) is 9.34. The van der Waals surface area contributed by atoms with Gasteiger partial charge in [0.1, 0.15) is 12.1 Å². The molecule has 0 aliphatic heterocycles.